The third-order valence-electron chi connectivity index (χ3n) is 4.43. The molecule has 0 fully saturated rings. The lowest BCUT2D eigenvalue weighted by Crippen LogP contribution is -2.39. The number of nitrogens with zero attached hydrogens (tertiary/aromatic N) is 1. The SMILES string of the molecule is CCC1Cc2cc(CNCCO)c(OC)cc2CN1CC. The number of fused-ring (bicyclic) bond motifs is 1. The zero-order valence-corrected chi connectivity index (χ0v) is 13.5. The number of hydrogen-bond acceptors (Lipinski definition) is 4. The second-order valence-corrected chi connectivity index (χ2v) is 5.66. The van der Waals surface area contributed by atoms with Crippen molar-refractivity contribution in [3.63, 3.8) is 0 Å². The molecule has 1 heterocycles. The Morgan fingerprint density at radius 3 is 2.76 bits per heavy atom. The van der Waals surface area contributed by atoms with Crippen molar-refractivity contribution >= 4 is 0 Å². The van der Waals surface area contributed by atoms with Gasteiger partial charge in [-0.05, 0) is 36.6 Å². The van der Waals surface area contributed by atoms with Crippen LogP contribution in [0.25, 0.3) is 0 Å². The van der Waals surface area contributed by atoms with Crippen molar-refractivity contribution in [2.45, 2.75) is 45.8 Å². The number of nitrogens with one attached hydrogen (secondary N) is 1. The smallest absolute Gasteiger partial charge is 0.123 e. The van der Waals surface area contributed by atoms with Crippen molar-refractivity contribution < 1.29 is 9.84 Å². The third kappa shape index (κ3) is 3.76. The monoisotopic (exact) mass is 292 g/mol. The average molecular weight is 292 g/mol. The van der Waals surface area contributed by atoms with Gasteiger partial charge in [0, 0.05) is 31.2 Å². The highest BCUT2D eigenvalue weighted by atomic mass is 16.5. The van der Waals surface area contributed by atoms with Crippen molar-refractivity contribution in [3.8, 4) is 5.75 Å². The van der Waals surface area contributed by atoms with Crippen molar-refractivity contribution in [2.75, 3.05) is 26.8 Å². The van der Waals surface area contributed by atoms with Crippen LogP contribution in [-0.4, -0.2) is 42.9 Å². The maximum atomic E-state index is 8.89. The zero-order chi connectivity index (χ0) is 15.2. The molecule has 4 nitrogen and oxygen atoms in total. The zero-order valence-electron chi connectivity index (χ0n) is 13.5. The van der Waals surface area contributed by atoms with E-state index in [0.717, 1.165) is 31.8 Å². The van der Waals surface area contributed by atoms with E-state index in [-0.39, 0.29) is 6.61 Å². The van der Waals surface area contributed by atoms with E-state index in [1.807, 2.05) is 0 Å². The van der Waals surface area contributed by atoms with Gasteiger partial charge in [0.25, 0.3) is 0 Å². The molecule has 1 atom stereocenters. The summed E-state index contributed by atoms with van der Waals surface area (Å²) in [4.78, 5) is 2.55. The Hall–Kier alpha value is -1.10. The van der Waals surface area contributed by atoms with E-state index in [1.165, 1.54) is 23.1 Å². The van der Waals surface area contributed by atoms with Crippen LogP contribution in [0, 0.1) is 0 Å². The van der Waals surface area contributed by atoms with Crippen molar-refractivity contribution in [1.82, 2.24) is 10.2 Å². The van der Waals surface area contributed by atoms with Crippen LogP contribution < -0.4 is 10.1 Å². The van der Waals surface area contributed by atoms with Crippen molar-refractivity contribution in [1.29, 1.82) is 0 Å². The molecule has 0 radical (unpaired) electrons. The molecule has 21 heavy (non-hydrogen) atoms. The first-order valence-electron chi connectivity index (χ1n) is 7.97. The summed E-state index contributed by atoms with van der Waals surface area (Å²) in [7, 11) is 1.73. The van der Waals surface area contributed by atoms with E-state index < -0.39 is 0 Å². The largest absolute Gasteiger partial charge is 0.496 e. The Balaban J connectivity index is 2.23. The van der Waals surface area contributed by atoms with Crippen LogP contribution in [0.2, 0.25) is 0 Å². The predicted molar refractivity (Wildman–Crippen MR) is 85.7 cm³/mol. The minimum Gasteiger partial charge on any atom is -0.496 e. The molecule has 4 heteroatoms. The van der Waals surface area contributed by atoms with E-state index in [9.17, 15) is 0 Å². The van der Waals surface area contributed by atoms with Crippen LogP contribution in [0.5, 0.6) is 5.75 Å². The van der Waals surface area contributed by atoms with Crippen LogP contribution in [0.3, 0.4) is 0 Å². The summed E-state index contributed by atoms with van der Waals surface area (Å²) in [6.07, 6.45) is 2.31. The lowest BCUT2D eigenvalue weighted by atomic mass is 9.90. The molecule has 0 aromatic heterocycles. The van der Waals surface area contributed by atoms with Gasteiger partial charge in [0.1, 0.15) is 5.75 Å². The maximum absolute atomic E-state index is 8.89. The summed E-state index contributed by atoms with van der Waals surface area (Å²) in [6.45, 7) is 8.14. The molecule has 1 aromatic carbocycles. The molecular weight excluding hydrogens is 264 g/mol. The number of benzene rings is 1. The molecule has 1 aliphatic rings. The van der Waals surface area contributed by atoms with E-state index in [4.69, 9.17) is 9.84 Å². The topological polar surface area (TPSA) is 44.7 Å². The molecule has 0 bridgehead atoms. The molecule has 1 aromatic rings. The second-order valence-electron chi connectivity index (χ2n) is 5.66. The lowest BCUT2D eigenvalue weighted by Gasteiger charge is -2.36. The van der Waals surface area contributed by atoms with Crippen LogP contribution in [-0.2, 0) is 19.5 Å². The quantitative estimate of drug-likeness (QED) is 0.754. The standard InChI is InChI=1S/C17H28N2O2/c1-4-16-9-13-8-14(11-18-6-7-20)17(21-3)10-15(13)12-19(16)5-2/h8,10,16,18,20H,4-7,9,11-12H2,1-3H3. The molecule has 1 unspecified atom stereocenters. The van der Waals surface area contributed by atoms with E-state index in [0.29, 0.717) is 12.6 Å². The molecule has 0 saturated carbocycles. The maximum Gasteiger partial charge on any atom is 0.123 e. The Labute approximate surface area is 128 Å². The van der Waals surface area contributed by atoms with Gasteiger partial charge in [-0.25, -0.2) is 0 Å². The Kier molecular flexibility index (Phi) is 6.03. The molecule has 0 amide bonds. The number of rotatable bonds is 7. The molecule has 1 aliphatic heterocycles. The Bertz CT molecular complexity index is 462. The van der Waals surface area contributed by atoms with Gasteiger partial charge in [0.2, 0.25) is 0 Å². The summed E-state index contributed by atoms with van der Waals surface area (Å²) < 4.78 is 5.54. The van der Waals surface area contributed by atoms with Gasteiger partial charge in [0.05, 0.1) is 13.7 Å². The number of likely N-dealkylation sites (N-methyl/N-ethyl adjacent to an activating group) is 1. The van der Waals surface area contributed by atoms with Crippen molar-refractivity contribution in [2.24, 2.45) is 0 Å². The van der Waals surface area contributed by atoms with Gasteiger partial charge < -0.3 is 15.2 Å². The predicted octanol–water partition coefficient (Wildman–Crippen LogP) is 1.93. The minimum atomic E-state index is 0.163. The fourth-order valence-corrected chi connectivity index (χ4v) is 3.19. The lowest BCUT2D eigenvalue weighted by molar-refractivity contribution is 0.176. The number of hydrogen-bond donors (Lipinski definition) is 2. The number of aliphatic hydroxyl groups is 1. The first-order valence-corrected chi connectivity index (χ1v) is 7.97. The van der Waals surface area contributed by atoms with Gasteiger partial charge in [-0.2, -0.15) is 0 Å². The van der Waals surface area contributed by atoms with E-state index in [2.05, 4.69) is 36.2 Å². The van der Waals surface area contributed by atoms with Crippen LogP contribution in [0.1, 0.15) is 37.0 Å². The molecular formula is C17H28N2O2. The average Bonchev–Trinajstić information content (AvgIpc) is 2.53. The summed E-state index contributed by atoms with van der Waals surface area (Å²) in [5.74, 6) is 0.949. The second kappa shape index (κ2) is 7.78. The van der Waals surface area contributed by atoms with Gasteiger partial charge in [0.15, 0.2) is 0 Å². The van der Waals surface area contributed by atoms with E-state index >= 15 is 0 Å². The van der Waals surface area contributed by atoms with E-state index in [1.54, 1.807) is 7.11 Å². The summed E-state index contributed by atoms with van der Waals surface area (Å²) in [5, 5.41) is 12.1. The number of ether oxygens (including phenoxy) is 1. The van der Waals surface area contributed by atoms with Crippen LogP contribution in [0.4, 0.5) is 0 Å². The normalized spacial score (nSPS) is 18.6. The van der Waals surface area contributed by atoms with Gasteiger partial charge >= 0.3 is 0 Å². The Morgan fingerprint density at radius 1 is 1.33 bits per heavy atom. The highest BCUT2D eigenvalue weighted by Gasteiger charge is 2.24. The first kappa shape index (κ1) is 16.3. The van der Waals surface area contributed by atoms with Gasteiger partial charge in [-0.3, -0.25) is 4.90 Å². The fourth-order valence-electron chi connectivity index (χ4n) is 3.19. The number of methoxy groups -OCH3 is 1. The molecule has 0 saturated heterocycles. The molecule has 2 N–H and O–H groups in total. The molecule has 118 valence electrons. The van der Waals surface area contributed by atoms with Gasteiger partial charge in [-0.15, -0.1) is 0 Å². The van der Waals surface area contributed by atoms with Crippen LogP contribution in [0.15, 0.2) is 12.1 Å². The van der Waals surface area contributed by atoms with Crippen LogP contribution >= 0.6 is 0 Å². The summed E-state index contributed by atoms with van der Waals surface area (Å²) in [5.41, 5.74) is 4.03. The number of aliphatic hydroxyl groups excluding tert-OH is 1. The third-order valence-corrected chi connectivity index (χ3v) is 4.43. The van der Waals surface area contributed by atoms with Gasteiger partial charge in [-0.1, -0.05) is 19.9 Å². The molecule has 0 aliphatic carbocycles. The highest BCUT2D eigenvalue weighted by Crippen LogP contribution is 2.30. The minimum absolute atomic E-state index is 0.163. The first-order chi connectivity index (χ1) is 10.2. The molecule has 2 rings (SSSR count). The molecule has 0 spiro atoms. The summed E-state index contributed by atoms with van der Waals surface area (Å²) in [6, 6.07) is 5.13. The summed E-state index contributed by atoms with van der Waals surface area (Å²) >= 11 is 0. The fraction of sp³-hybridized carbons (Fsp3) is 0.647. The highest BCUT2D eigenvalue weighted by molar-refractivity contribution is 5.44. The van der Waals surface area contributed by atoms with Crippen molar-refractivity contribution in [3.05, 3.63) is 28.8 Å². The Morgan fingerprint density at radius 2 is 2.14 bits per heavy atom.